The third kappa shape index (κ3) is 3.53. The fourth-order valence-corrected chi connectivity index (χ4v) is 2.38. The van der Waals surface area contributed by atoms with Crippen LogP contribution in [0.5, 0.6) is 0 Å². The minimum atomic E-state index is 0.261. The third-order valence-electron chi connectivity index (χ3n) is 2.77. The van der Waals surface area contributed by atoms with Gasteiger partial charge in [-0.1, -0.05) is 64.6 Å². The van der Waals surface area contributed by atoms with Crippen molar-refractivity contribution in [2.24, 2.45) is 0 Å². The summed E-state index contributed by atoms with van der Waals surface area (Å²) in [5, 5.41) is 1.11. The van der Waals surface area contributed by atoms with Crippen molar-refractivity contribution < 1.29 is 0 Å². The van der Waals surface area contributed by atoms with Gasteiger partial charge in [-0.2, -0.15) is 0 Å². The van der Waals surface area contributed by atoms with Crippen LogP contribution < -0.4 is 4.90 Å². The zero-order chi connectivity index (χ0) is 14.0. The predicted molar refractivity (Wildman–Crippen MR) is 82.6 cm³/mol. The number of hydrogen-bond acceptors (Lipinski definition) is 2. The molecule has 0 aliphatic heterocycles. The average Bonchev–Trinajstić information content (AvgIpc) is 2.36. The number of anilines is 1. The number of pyridine rings is 1. The summed E-state index contributed by atoms with van der Waals surface area (Å²) in [7, 11) is 1.91. The highest BCUT2D eigenvalue weighted by atomic mass is 35.5. The minimum absolute atomic E-state index is 0.261. The molecule has 0 unspecified atom stereocenters. The molecule has 0 spiro atoms. The van der Waals surface area contributed by atoms with Crippen LogP contribution >= 0.6 is 34.8 Å². The van der Waals surface area contributed by atoms with Crippen molar-refractivity contribution in [1.29, 1.82) is 0 Å². The zero-order valence-corrected chi connectivity index (χ0v) is 12.9. The van der Waals surface area contributed by atoms with E-state index in [1.807, 2.05) is 11.9 Å². The predicted octanol–water partition coefficient (Wildman–Crippen LogP) is 4.99. The molecule has 2 aromatic rings. The average molecular weight is 316 g/mol. The van der Waals surface area contributed by atoms with E-state index in [4.69, 9.17) is 34.8 Å². The Labute approximate surface area is 127 Å². The topological polar surface area (TPSA) is 16.1 Å². The molecule has 0 aliphatic carbocycles. The molecule has 100 valence electrons. The van der Waals surface area contributed by atoms with Gasteiger partial charge in [0.25, 0.3) is 0 Å². The highest BCUT2D eigenvalue weighted by Crippen LogP contribution is 2.31. The molecule has 5 heteroatoms. The van der Waals surface area contributed by atoms with E-state index in [1.54, 1.807) is 6.07 Å². The molecule has 0 radical (unpaired) electrons. The summed E-state index contributed by atoms with van der Waals surface area (Å²) in [6.07, 6.45) is 0. The number of benzene rings is 1. The molecule has 19 heavy (non-hydrogen) atoms. The first kappa shape index (κ1) is 14.4. The van der Waals surface area contributed by atoms with Crippen LogP contribution in [0.3, 0.4) is 0 Å². The van der Waals surface area contributed by atoms with Crippen LogP contribution in [0.1, 0.15) is 11.1 Å². The number of hydrogen-bond donors (Lipinski definition) is 0. The highest BCUT2D eigenvalue weighted by Gasteiger charge is 2.12. The Hall–Kier alpha value is -0.960. The summed E-state index contributed by atoms with van der Waals surface area (Å²) in [5.74, 6) is 0.622. The summed E-state index contributed by atoms with van der Waals surface area (Å²) in [6, 6.07) is 9.92. The maximum Gasteiger partial charge on any atom is 0.150 e. The minimum Gasteiger partial charge on any atom is -0.354 e. The lowest BCUT2D eigenvalue weighted by atomic mass is 10.1. The summed E-state index contributed by atoms with van der Waals surface area (Å²) in [5.41, 5.74) is 2.41. The lowest BCUT2D eigenvalue weighted by molar-refractivity contribution is 0.898. The Balaban J connectivity index is 2.22. The molecule has 0 saturated carbocycles. The molecule has 1 aromatic heterocycles. The van der Waals surface area contributed by atoms with Gasteiger partial charge in [0.05, 0.1) is 10.0 Å². The van der Waals surface area contributed by atoms with Crippen LogP contribution in [0.15, 0.2) is 30.3 Å². The summed E-state index contributed by atoms with van der Waals surface area (Å²) < 4.78 is 0. The van der Waals surface area contributed by atoms with E-state index in [-0.39, 0.29) is 5.15 Å². The van der Waals surface area contributed by atoms with E-state index in [0.717, 1.165) is 0 Å². The van der Waals surface area contributed by atoms with Crippen molar-refractivity contribution >= 4 is 40.6 Å². The van der Waals surface area contributed by atoms with Crippen LogP contribution in [-0.4, -0.2) is 12.0 Å². The van der Waals surface area contributed by atoms with Gasteiger partial charge >= 0.3 is 0 Å². The Morgan fingerprint density at radius 1 is 1.05 bits per heavy atom. The van der Waals surface area contributed by atoms with E-state index < -0.39 is 0 Å². The van der Waals surface area contributed by atoms with Crippen LogP contribution in [0.2, 0.25) is 15.2 Å². The molecule has 2 rings (SSSR count). The molecule has 0 saturated heterocycles. The maximum atomic E-state index is 6.14. The van der Waals surface area contributed by atoms with Crippen LogP contribution in [0.4, 0.5) is 5.82 Å². The second kappa shape index (κ2) is 6.00. The number of aromatic nitrogens is 1. The Kier molecular flexibility index (Phi) is 4.56. The largest absolute Gasteiger partial charge is 0.354 e. The van der Waals surface area contributed by atoms with Crippen LogP contribution in [-0.2, 0) is 6.54 Å². The SMILES string of the molecule is Cc1ccc(CN(C)c2nc(Cl)c(Cl)cc2Cl)cc1. The van der Waals surface area contributed by atoms with Gasteiger partial charge in [0, 0.05) is 13.6 Å². The van der Waals surface area contributed by atoms with E-state index in [1.165, 1.54) is 11.1 Å². The lowest BCUT2D eigenvalue weighted by Gasteiger charge is -2.20. The first-order valence-electron chi connectivity index (χ1n) is 5.75. The molecular weight excluding hydrogens is 303 g/mol. The van der Waals surface area contributed by atoms with E-state index in [2.05, 4.69) is 36.2 Å². The number of aryl methyl sites for hydroxylation is 1. The van der Waals surface area contributed by atoms with Gasteiger partial charge in [-0.15, -0.1) is 0 Å². The maximum absolute atomic E-state index is 6.14. The second-order valence-electron chi connectivity index (χ2n) is 4.41. The van der Waals surface area contributed by atoms with Gasteiger partial charge in [0.1, 0.15) is 11.0 Å². The standard InChI is InChI=1S/C14H13Cl3N2/c1-9-3-5-10(6-4-9)8-19(2)14-12(16)7-11(15)13(17)18-14/h3-7H,8H2,1-2H3. The normalized spacial score (nSPS) is 10.6. The molecule has 1 aromatic carbocycles. The molecule has 0 atom stereocenters. The summed E-state index contributed by atoms with van der Waals surface area (Å²) in [6.45, 7) is 2.76. The summed E-state index contributed by atoms with van der Waals surface area (Å²) >= 11 is 17.9. The zero-order valence-electron chi connectivity index (χ0n) is 10.6. The highest BCUT2D eigenvalue weighted by molar-refractivity contribution is 6.42. The van der Waals surface area contributed by atoms with Crippen LogP contribution in [0, 0.1) is 6.92 Å². The lowest BCUT2D eigenvalue weighted by Crippen LogP contribution is -2.18. The molecule has 0 N–H and O–H groups in total. The van der Waals surface area contributed by atoms with Gasteiger partial charge < -0.3 is 4.90 Å². The number of rotatable bonds is 3. The van der Waals surface area contributed by atoms with E-state index in [9.17, 15) is 0 Å². The van der Waals surface area contributed by atoms with Crippen molar-refractivity contribution in [1.82, 2.24) is 4.98 Å². The third-order valence-corrected chi connectivity index (χ3v) is 3.72. The molecule has 1 heterocycles. The molecule has 0 amide bonds. The van der Waals surface area contributed by atoms with Crippen molar-refractivity contribution in [3.63, 3.8) is 0 Å². The van der Waals surface area contributed by atoms with Crippen molar-refractivity contribution in [3.05, 3.63) is 56.7 Å². The van der Waals surface area contributed by atoms with Gasteiger partial charge in [0.2, 0.25) is 0 Å². The van der Waals surface area contributed by atoms with Crippen molar-refractivity contribution in [3.8, 4) is 0 Å². The molecule has 0 bridgehead atoms. The molecule has 0 fully saturated rings. The Morgan fingerprint density at radius 2 is 1.68 bits per heavy atom. The Bertz CT molecular complexity index is 582. The van der Waals surface area contributed by atoms with E-state index >= 15 is 0 Å². The second-order valence-corrected chi connectivity index (χ2v) is 5.58. The number of halogens is 3. The first-order valence-corrected chi connectivity index (χ1v) is 6.89. The van der Waals surface area contributed by atoms with E-state index in [0.29, 0.717) is 22.4 Å². The molecular formula is C14H13Cl3N2. The van der Waals surface area contributed by atoms with Crippen molar-refractivity contribution in [2.75, 3.05) is 11.9 Å². The van der Waals surface area contributed by atoms with Gasteiger partial charge in [-0.05, 0) is 18.6 Å². The fraction of sp³-hybridized carbons (Fsp3) is 0.214. The summed E-state index contributed by atoms with van der Waals surface area (Å²) in [4.78, 5) is 6.15. The van der Waals surface area contributed by atoms with Crippen molar-refractivity contribution in [2.45, 2.75) is 13.5 Å². The quantitative estimate of drug-likeness (QED) is 0.742. The van der Waals surface area contributed by atoms with Gasteiger partial charge in [-0.25, -0.2) is 4.98 Å². The van der Waals surface area contributed by atoms with Gasteiger partial charge in [-0.3, -0.25) is 0 Å². The van der Waals surface area contributed by atoms with Gasteiger partial charge in [0.15, 0.2) is 0 Å². The smallest absolute Gasteiger partial charge is 0.150 e. The van der Waals surface area contributed by atoms with Crippen LogP contribution in [0.25, 0.3) is 0 Å². The fourth-order valence-electron chi connectivity index (χ4n) is 1.75. The monoisotopic (exact) mass is 314 g/mol. The molecule has 0 aliphatic rings. The number of nitrogens with zero attached hydrogens (tertiary/aromatic N) is 2. The first-order chi connectivity index (χ1) is 8.97. The Morgan fingerprint density at radius 3 is 2.32 bits per heavy atom. The molecule has 2 nitrogen and oxygen atoms in total.